The number of thioether (sulfide) groups is 1. The third-order valence-corrected chi connectivity index (χ3v) is 5.43. The van der Waals surface area contributed by atoms with Crippen molar-refractivity contribution < 1.29 is 4.79 Å². The first kappa shape index (κ1) is 19.2. The molecule has 0 aliphatic carbocycles. The summed E-state index contributed by atoms with van der Waals surface area (Å²) in [5.74, 6) is 1.07. The van der Waals surface area contributed by atoms with Gasteiger partial charge >= 0.3 is 0 Å². The molecule has 6 heteroatoms. The first-order chi connectivity index (χ1) is 13.0. The molecule has 0 aliphatic rings. The van der Waals surface area contributed by atoms with Crippen molar-refractivity contribution in [2.45, 2.75) is 39.4 Å². The molecule has 3 aromatic rings. The molecule has 0 unspecified atom stereocenters. The van der Waals surface area contributed by atoms with Gasteiger partial charge in [0.1, 0.15) is 0 Å². The molecule has 0 atom stereocenters. The summed E-state index contributed by atoms with van der Waals surface area (Å²) in [6.07, 6.45) is 0. The minimum atomic E-state index is -0.0502. The number of benzene rings is 2. The minimum Gasteiger partial charge on any atom is -0.325 e. The first-order valence-corrected chi connectivity index (χ1v) is 9.96. The van der Waals surface area contributed by atoms with E-state index in [0.717, 1.165) is 34.3 Å². The van der Waals surface area contributed by atoms with Crippen molar-refractivity contribution in [3.8, 4) is 11.4 Å². The van der Waals surface area contributed by atoms with Crippen molar-refractivity contribution in [3.05, 3.63) is 59.2 Å². The van der Waals surface area contributed by atoms with Crippen LogP contribution in [0.25, 0.3) is 11.4 Å². The SMILES string of the molecule is CCn1c(SCC(=O)Nc2ccc(C)c(C)c2)nnc1-c1ccc(C)cc1. The topological polar surface area (TPSA) is 59.8 Å². The number of hydrogen-bond donors (Lipinski definition) is 1. The molecule has 0 aliphatic heterocycles. The second kappa shape index (κ2) is 8.39. The maximum absolute atomic E-state index is 12.3. The van der Waals surface area contributed by atoms with Gasteiger partial charge in [0.25, 0.3) is 0 Å². The van der Waals surface area contributed by atoms with Crippen LogP contribution >= 0.6 is 11.8 Å². The summed E-state index contributed by atoms with van der Waals surface area (Å²) in [5, 5.41) is 12.3. The molecule has 0 saturated carbocycles. The van der Waals surface area contributed by atoms with E-state index in [1.165, 1.54) is 22.9 Å². The van der Waals surface area contributed by atoms with E-state index in [0.29, 0.717) is 5.75 Å². The largest absolute Gasteiger partial charge is 0.325 e. The average Bonchev–Trinajstić information content (AvgIpc) is 3.06. The summed E-state index contributed by atoms with van der Waals surface area (Å²) in [6.45, 7) is 8.96. The molecule has 0 spiro atoms. The first-order valence-electron chi connectivity index (χ1n) is 8.98. The van der Waals surface area contributed by atoms with Gasteiger partial charge in [-0.15, -0.1) is 10.2 Å². The fourth-order valence-corrected chi connectivity index (χ4v) is 3.55. The molecule has 0 saturated heterocycles. The lowest BCUT2D eigenvalue weighted by Crippen LogP contribution is -2.14. The highest BCUT2D eigenvalue weighted by atomic mass is 32.2. The summed E-state index contributed by atoms with van der Waals surface area (Å²) in [5.41, 5.74) is 5.43. The van der Waals surface area contributed by atoms with Crippen molar-refractivity contribution >= 4 is 23.4 Å². The normalized spacial score (nSPS) is 10.8. The van der Waals surface area contributed by atoms with E-state index in [1.807, 2.05) is 41.8 Å². The highest BCUT2D eigenvalue weighted by Crippen LogP contribution is 2.24. The molecule has 0 radical (unpaired) electrons. The van der Waals surface area contributed by atoms with Crippen molar-refractivity contribution in [2.75, 3.05) is 11.1 Å². The highest BCUT2D eigenvalue weighted by Gasteiger charge is 2.14. The molecule has 1 aromatic heterocycles. The lowest BCUT2D eigenvalue weighted by atomic mass is 10.1. The van der Waals surface area contributed by atoms with Crippen LogP contribution in [0, 0.1) is 20.8 Å². The molecule has 2 aromatic carbocycles. The van der Waals surface area contributed by atoms with Crippen LogP contribution < -0.4 is 5.32 Å². The number of amides is 1. The van der Waals surface area contributed by atoms with Crippen LogP contribution in [-0.4, -0.2) is 26.4 Å². The smallest absolute Gasteiger partial charge is 0.234 e. The van der Waals surface area contributed by atoms with Gasteiger partial charge in [-0.25, -0.2) is 0 Å². The van der Waals surface area contributed by atoms with Crippen molar-refractivity contribution in [3.63, 3.8) is 0 Å². The van der Waals surface area contributed by atoms with E-state index in [9.17, 15) is 4.79 Å². The average molecular weight is 381 g/mol. The predicted molar refractivity (Wildman–Crippen MR) is 111 cm³/mol. The monoisotopic (exact) mass is 380 g/mol. The molecule has 1 amide bonds. The van der Waals surface area contributed by atoms with Crippen molar-refractivity contribution in [1.29, 1.82) is 0 Å². The molecular formula is C21H24N4OS. The molecule has 27 heavy (non-hydrogen) atoms. The maximum atomic E-state index is 12.3. The third kappa shape index (κ3) is 4.57. The fraction of sp³-hybridized carbons (Fsp3) is 0.286. The van der Waals surface area contributed by atoms with Crippen molar-refractivity contribution in [1.82, 2.24) is 14.8 Å². The Hall–Kier alpha value is -2.60. The number of aromatic nitrogens is 3. The minimum absolute atomic E-state index is 0.0502. The fourth-order valence-electron chi connectivity index (χ4n) is 2.74. The maximum Gasteiger partial charge on any atom is 0.234 e. The van der Waals surface area contributed by atoms with E-state index in [1.54, 1.807) is 0 Å². The lowest BCUT2D eigenvalue weighted by molar-refractivity contribution is -0.113. The Morgan fingerprint density at radius 3 is 2.44 bits per heavy atom. The van der Waals surface area contributed by atoms with Gasteiger partial charge in [0.2, 0.25) is 5.91 Å². The molecule has 0 bridgehead atoms. The van der Waals surface area contributed by atoms with E-state index in [-0.39, 0.29) is 5.91 Å². The molecule has 140 valence electrons. The standard InChI is InChI=1S/C21H24N4OS/c1-5-25-20(17-9-6-14(2)7-10-17)23-24-21(25)27-13-19(26)22-18-11-8-15(3)16(4)12-18/h6-12H,5,13H2,1-4H3,(H,22,26). The number of nitrogens with zero attached hydrogens (tertiary/aromatic N) is 3. The van der Waals surface area contributed by atoms with Gasteiger partial charge in [-0.05, 0) is 51.0 Å². The molecular weight excluding hydrogens is 356 g/mol. The summed E-state index contributed by atoms with van der Waals surface area (Å²) >= 11 is 1.40. The Balaban J connectivity index is 1.68. The van der Waals surface area contributed by atoms with Gasteiger partial charge in [-0.1, -0.05) is 47.7 Å². The molecule has 1 heterocycles. The predicted octanol–water partition coefficient (Wildman–Crippen LogP) is 4.62. The zero-order valence-corrected chi connectivity index (χ0v) is 16.9. The quantitative estimate of drug-likeness (QED) is 0.634. The number of carbonyl (C=O) groups excluding carboxylic acids is 1. The second-order valence-corrected chi connectivity index (χ2v) is 7.49. The van der Waals surface area contributed by atoms with Crippen LogP contribution in [0.3, 0.4) is 0 Å². The van der Waals surface area contributed by atoms with Crippen LogP contribution in [0.2, 0.25) is 0 Å². The van der Waals surface area contributed by atoms with Gasteiger partial charge < -0.3 is 9.88 Å². The van der Waals surface area contributed by atoms with Gasteiger partial charge in [0, 0.05) is 17.8 Å². The van der Waals surface area contributed by atoms with Gasteiger partial charge in [-0.3, -0.25) is 4.79 Å². The van der Waals surface area contributed by atoms with Crippen LogP contribution in [0.5, 0.6) is 0 Å². The zero-order valence-electron chi connectivity index (χ0n) is 16.1. The Morgan fingerprint density at radius 2 is 1.78 bits per heavy atom. The van der Waals surface area contributed by atoms with Crippen LogP contribution in [0.1, 0.15) is 23.6 Å². The third-order valence-electron chi connectivity index (χ3n) is 4.47. The lowest BCUT2D eigenvalue weighted by Gasteiger charge is -2.09. The summed E-state index contributed by atoms with van der Waals surface area (Å²) < 4.78 is 2.04. The molecule has 1 N–H and O–H groups in total. The highest BCUT2D eigenvalue weighted by molar-refractivity contribution is 7.99. The number of aryl methyl sites for hydroxylation is 3. The summed E-state index contributed by atoms with van der Waals surface area (Å²) in [6, 6.07) is 14.1. The Bertz CT molecular complexity index is 947. The zero-order chi connectivity index (χ0) is 19.4. The van der Waals surface area contributed by atoms with Crippen molar-refractivity contribution in [2.24, 2.45) is 0 Å². The van der Waals surface area contributed by atoms with Gasteiger partial charge in [-0.2, -0.15) is 0 Å². The Labute approximate surface area is 164 Å². The van der Waals surface area contributed by atoms with E-state index >= 15 is 0 Å². The van der Waals surface area contributed by atoms with E-state index in [4.69, 9.17) is 0 Å². The van der Waals surface area contributed by atoms with E-state index in [2.05, 4.69) is 48.4 Å². The number of hydrogen-bond acceptors (Lipinski definition) is 4. The molecule has 0 fully saturated rings. The number of rotatable bonds is 6. The summed E-state index contributed by atoms with van der Waals surface area (Å²) in [7, 11) is 0. The van der Waals surface area contributed by atoms with E-state index < -0.39 is 0 Å². The number of nitrogens with one attached hydrogen (secondary N) is 1. The second-order valence-electron chi connectivity index (χ2n) is 6.55. The van der Waals surface area contributed by atoms with Gasteiger partial charge in [0.05, 0.1) is 5.75 Å². The number of anilines is 1. The van der Waals surface area contributed by atoms with Crippen LogP contribution in [0.15, 0.2) is 47.6 Å². The molecule has 5 nitrogen and oxygen atoms in total. The van der Waals surface area contributed by atoms with Crippen LogP contribution in [-0.2, 0) is 11.3 Å². The molecule has 3 rings (SSSR count). The Kier molecular flexibility index (Phi) is 5.96. The van der Waals surface area contributed by atoms with Gasteiger partial charge in [0.15, 0.2) is 11.0 Å². The number of carbonyl (C=O) groups is 1. The van der Waals surface area contributed by atoms with Crippen LogP contribution in [0.4, 0.5) is 5.69 Å². The summed E-state index contributed by atoms with van der Waals surface area (Å²) in [4.78, 5) is 12.3. The Morgan fingerprint density at radius 1 is 1.04 bits per heavy atom.